The maximum Gasteiger partial charge on any atom is 0.0605 e. The van der Waals surface area contributed by atoms with Gasteiger partial charge in [0.2, 0.25) is 0 Å². The van der Waals surface area contributed by atoms with Gasteiger partial charge < -0.3 is 5.73 Å². The first kappa shape index (κ1) is 8.70. The van der Waals surface area contributed by atoms with Gasteiger partial charge in [-0.2, -0.15) is 0 Å². The zero-order valence-electron chi connectivity index (χ0n) is 8.03. The van der Waals surface area contributed by atoms with E-state index < -0.39 is 0 Å². The van der Waals surface area contributed by atoms with E-state index in [1.807, 2.05) is 12.3 Å². The van der Waals surface area contributed by atoms with Crippen molar-refractivity contribution in [3.05, 3.63) is 29.6 Å². The first-order chi connectivity index (χ1) is 6.33. The third-order valence-corrected chi connectivity index (χ3v) is 2.75. The SMILES string of the molecule is CCc1cccnc1[C@H](N)C1CC1. The van der Waals surface area contributed by atoms with E-state index in [0.717, 1.165) is 12.1 Å². The maximum atomic E-state index is 6.11. The zero-order valence-corrected chi connectivity index (χ0v) is 8.03. The number of aryl methyl sites for hydroxylation is 1. The lowest BCUT2D eigenvalue weighted by Crippen LogP contribution is -2.16. The molecule has 70 valence electrons. The second-order valence-electron chi connectivity index (χ2n) is 3.76. The van der Waals surface area contributed by atoms with E-state index in [-0.39, 0.29) is 6.04 Å². The number of aromatic nitrogens is 1. The molecule has 0 aliphatic heterocycles. The van der Waals surface area contributed by atoms with Crippen LogP contribution in [-0.2, 0) is 6.42 Å². The Kier molecular flexibility index (Phi) is 2.32. The van der Waals surface area contributed by atoms with Gasteiger partial charge in [0.15, 0.2) is 0 Å². The molecule has 1 fully saturated rings. The predicted molar refractivity (Wildman–Crippen MR) is 53.3 cm³/mol. The maximum absolute atomic E-state index is 6.11. The summed E-state index contributed by atoms with van der Waals surface area (Å²) in [4.78, 5) is 4.39. The van der Waals surface area contributed by atoms with Gasteiger partial charge in [-0.15, -0.1) is 0 Å². The van der Waals surface area contributed by atoms with E-state index in [4.69, 9.17) is 5.73 Å². The Morgan fingerprint density at radius 1 is 1.62 bits per heavy atom. The van der Waals surface area contributed by atoms with Crippen LogP contribution in [0, 0.1) is 5.92 Å². The Hall–Kier alpha value is -0.890. The smallest absolute Gasteiger partial charge is 0.0605 e. The number of rotatable bonds is 3. The molecule has 0 saturated heterocycles. The van der Waals surface area contributed by atoms with Crippen LogP contribution in [0.2, 0.25) is 0 Å². The highest BCUT2D eigenvalue weighted by Gasteiger charge is 2.31. The van der Waals surface area contributed by atoms with E-state index in [1.54, 1.807) is 0 Å². The fraction of sp³-hybridized carbons (Fsp3) is 0.545. The molecule has 13 heavy (non-hydrogen) atoms. The van der Waals surface area contributed by atoms with Gasteiger partial charge in [0.05, 0.1) is 11.7 Å². The molecular formula is C11H16N2. The monoisotopic (exact) mass is 176 g/mol. The van der Waals surface area contributed by atoms with Crippen LogP contribution in [0.15, 0.2) is 18.3 Å². The molecule has 1 saturated carbocycles. The molecule has 0 amide bonds. The predicted octanol–water partition coefficient (Wildman–Crippen LogP) is 2.05. The van der Waals surface area contributed by atoms with E-state index in [2.05, 4.69) is 18.0 Å². The Morgan fingerprint density at radius 2 is 2.38 bits per heavy atom. The van der Waals surface area contributed by atoms with Gasteiger partial charge in [0.1, 0.15) is 0 Å². The van der Waals surface area contributed by atoms with Gasteiger partial charge in [-0.3, -0.25) is 4.98 Å². The number of hydrogen-bond donors (Lipinski definition) is 1. The van der Waals surface area contributed by atoms with Crippen molar-refractivity contribution in [2.45, 2.75) is 32.2 Å². The highest BCUT2D eigenvalue weighted by Crippen LogP contribution is 2.39. The Labute approximate surface area is 79.2 Å². The number of nitrogens with two attached hydrogens (primary N) is 1. The van der Waals surface area contributed by atoms with E-state index in [9.17, 15) is 0 Å². The van der Waals surface area contributed by atoms with Crippen molar-refractivity contribution in [2.24, 2.45) is 11.7 Å². The second kappa shape index (κ2) is 3.46. The van der Waals surface area contributed by atoms with Crippen molar-refractivity contribution < 1.29 is 0 Å². The van der Waals surface area contributed by atoms with Crippen LogP contribution in [0.4, 0.5) is 0 Å². The van der Waals surface area contributed by atoms with Crippen molar-refractivity contribution >= 4 is 0 Å². The van der Waals surface area contributed by atoms with E-state index >= 15 is 0 Å². The van der Waals surface area contributed by atoms with Gasteiger partial charge in [0, 0.05) is 6.20 Å². The van der Waals surface area contributed by atoms with Crippen LogP contribution in [-0.4, -0.2) is 4.98 Å². The minimum atomic E-state index is 0.177. The van der Waals surface area contributed by atoms with Crippen LogP contribution < -0.4 is 5.73 Å². The molecule has 1 aromatic heterocycles. The quantitative estimate of drug-likeness (QED) is 0.765. The number of pyridine rings is 1. The largest absolute Gasteiger partial charge is 0.322 e. The number of hydrogen-bond acceptors (Lipinski definition) is 2. The van der Waals surface area contributed by atoms with E-state index in [0.29, 0.717) is 5.92 Å². The fourth-order valence-electron chi connectivity index (χ4n) is 1.73. The Morgan fingerprint density at radius 3 is 3.00 bits per heavy atom. The molecule has 0 unspecified atom stereocenters. The molecule has 1 atom stereocenters. The molecule has 0 radical (unpaired) electrons. The standard InChI is InChI=1S/C11H16N2/c1-2-8-4-3-7-13-11(8)10(12)9-5-6-9/h3-4,7,9-10H,2,5-6,12H2,1H3/t10-/m1/s1. The summed E-state index contributed by atoms with van der Waals surface area (Å²) in [6, 6.07) is 4.29. The van der Waals surface area contributed by atoms with Crippen LogP contribution in [0.1, 0.15) is 37.1 Å². The average Bonchev–Trinajstić information content (AvgIpc) is 3.00. The normalized spacial score (nSPS) is 18.6. The van der Waals surface area contributed by atoms with Crippen LogP contribution in [0.3, 0.4) is 0 Å². The van der Waals surface area contributed by atoms with Crippen LogP contribution in [0.5, 0.6) is 0 Å². The molecule has 1 heterocycles. The molecule has 0 bridgehead atoms. The third-order valence-electron chi connectivity index (χ3n) is 2.75. The molecule has 2 heteroatoms. The van der Waals surface area contributed by atoms with Gasteiger partial charge >= 0.3 is 0 Å². The molecule has 1 aliphatic carbocycles. The van der Waals surface area contributed by atoms with Crippen molar-refractivity contribution in [3.8, 4) is 0 Å². The van der Waals surface area contributed by atoms with Gasteiger partial charge in [-0.05, 0) is 36.8 Å². The highest BCUT2D eigenvalue weighted by molar-refractivity contribution is 5.23. The molecule has 0 spiro atoms. The Bertz CT molecular complexity index is 292. The second-order valence-corrected chi connectivity index (χ2v) is 3.76. The summed E-state index contributed by atoms with van der Waals surface area (Å²) in [5, 5.41) is 0. The molecule has 1 aromatic rings. The summed E-state index contributed by atoms with van der Waals surface area (Å²) in [5.41, 5.74) is 8.54. The van der Waals surface area contributed by atoms with Crippen LogP contribution in [0.25, 0.3) is 0 Å². The summed E-state index contributed by atoms with van der Waals surface area (Å²) in [6.07, 6.45) is 5.43. The number of nitrogens with zero attached hydrogens (tertiary/aromatic N) is 1. The van der Waals surface area contributed by atoms with E-state index in [1.165, 1.54) is 18.4 Å². The fourth-order valence-corrected chi connectivity index (χ4v) is 1.73. The highest BCUT2D eigenvalue weighted by atomic mass is 14.8. The molecule has 1 aliphatic rings. The van der Waals surface area contributed by atoms with Crippen molar-refractivity contribution in [1.82, 2.24) is 4.98 Å². The minimum Gasteiger partial charge on any atom is -0.322 e. The summed E-state index contributed by atoms with van der Waals surface area (Å²) >= 11 is 0. The summed E-state index contributed by atoms with van der Waals surface area (Å²) in [6.45, 7) is 2.15. The first-order valence-corrected chi connectivity index (χ1v) is 5.02. The van der Waals surface area contributed by atoms with Gasteiger partial charge in [-0.1, -0.05) is 13.0 Å². The molecule has 0 aromatic carbocycles. The van der Waals surface area contributed by atoms with Crippen molar-refractivity contribution in [1.29, 1.82) is 0 Å². The van der Waals surface area contributed by atoms with Crippen LogP contribution >= 0.6 is 0 Å². The summed E-state index contributed by atoms with van der Waals surface area (Å²) in [7, 11) is 0. The molecule has 2 nitrogen and oxygen atoms in total. The minimum absolute atomic E-state index is 0.177. The average molecular weight is 176 g/mol. The lowest BCUT2D eigenvalue weighted by atomic mass is 10.0. The van der Waals surface area contributed by atoms with Crippen molar-refractivity contribution in [2.75, 3.05) is 0 Å². The topological polar surface area (TPSA) is 38.9 Å². The third kappa shape index (κ3) is 1.73. The summed E-state index contributed by atoms with van der Waals surface area (Å²) in [5.74, 6) is 0.695. The molecular weight excluding hydrogens is 160 g/mol. The Balaban J connectivity index is 2.26. The van der Waals surface area contributed by atoms with Gasteiger partial charge in [0.25, 0.3) is 0 Å². The van der Waals surface area contributed by atoms with Gasteiger partial charge in [-0.25, -0.2) is 0 Å². The molecule has 2 N–H and O–H groups in total. The zero-order chi connectivity index (χ0) is 9.26. The van der Waals surface area contributed by atoms with Crippen molar-refractivity contribution in [3.63, 3.8) is 0 Å². The lowest BCUT2D eigenvalue weighted by Gasteiger charge is -2.13. The molecule has 2 rings (SSSR count). The summed E-state index contributed by atoms with van der Waals surface area (Å²) < 4.78 is 0. The lowest BCUT2D eigenvalue weighted by molar-refractivity contribution is 0.607. The first-order valence-electron chi connectivity index (χ1n) is 5.02.